The molecule has 0 radical (unpaired) electrons. The molecule has 1 rings (SSSR count). The number of aromatic nitrogens is 1. The second kappa shape index (κ2) is 5.56. The molecule has 2 N–H and O–H groups in total. The van der Waals surface area contributed by atoms with E-state index in [1.807, 2.05) is 6.92 Å². The second-order valence-electron chi connectivity index (χ2n) is 3.42. The van der Waals surface area contributed by atoms with Crippen molar-refractivity contribution in [2.24, 2.45) is 0 Å². The molecule has 6 nitrogen and oxygen atoms in total. The number of nitrogens with zero attached hydrogens (tertiary/aromatic N) is 1. The van der Waals surface area contributed by atoms with Crippen LogP contribution in [-0.4, -0.2) is 29.7 Å². The van der Waals surface area contributed by atoms with E-state index in [-0.39, 0.29) is 6.54 Å². The number of hydrogen-bond donors (Lipinski definition) is 2. The highest BCUT2D eigenvalue weighted by Crippen LogP contribution is 2.13. The Morgan fingerprint density at radius 3 is 2.76 bits per heavy atom. The fraction of sp³-hybridized carbons (Fsp3) is 0.556. The highest BCUT2D eigenvalue weighted by atomic mass is 32.2. The lowest BCUT2D eigenvalue weighted by molar-refractivity contribution is -0.136. The topological polar surface area (TPSA) is 96.4 Å². The van der Waals surface area contributed by atoms with Gasteiger partial charge in [-0.05, 0) is 13.3 Å². The third-order valence-electron chi connectivity index (χ3n) is 2.19. The Bertz CT molecular complexity index is 495. The lowest BCUT2D eigenvalue weighted by Gasteiger charge is -2.08. The van der Waals surface area contributed by atoms with Gasteiger partial charge in [0.25, 0.3) is 0 Å². The maximum Gasteiger partial charge on any atom is 0.323 e. The Morgan fingerprint density at radius 1 is 1.65 bits per heavy atom. The summed E-state index contributed by atoms with van der Waals surface area (Å²) in [5, 5.41) is 7.79. The molecule has 0 spiro atoms. The molecule has 8 heteroatoms. The van der Waals surface area contributed by atoms with Gasteiger partial charge in [-0.25, -0.2) is 18.1 Å². The molecule has 0 saturated carbocycles. The van der Waals surface area contributed by atoms with Crippen molar-refractivity contribution in [2.45, 2.75) is 32.1 Å². The van der Waals surface area contributed by atoms with E-state index >= 15 is 0 Å². The summed E-state index contributed by atoms with van der Waals surface area (Å²) < 4.78 is 25.2. The summed E-state index contributed by atoms with van der Waals surface area (Å²) in [6.45, 7) is 3.14. The molecule has 0 bridgehead atoms. The minimum absolute atomic E-state index is 0.0324. The predicted molar refractivity (Wildman–Crippen MR) is 64.3 cm³/mol. The number of carboxylic acids is 1. The Kier molecular flexibility index (Phi) is 4.61. The van der Waals surface area contributed by atoms with Gasteiger partial charge in [-0.15, -0.1) is 11.3 Å². The number of aliphatic carboxylic acids is 1. The molecule has 0 aliphatic carbocycles. The molecule has 0 amide bonds. The summed E-state index contributed by atoms with van der Waals surface area (Å²) in [5.41, 5.74) is 0. The zero-order valence-corrected chi connectivity index (χ0v) is 11.1. The third kappa shape index (κ3) is 3.76. The maximum atomic E-state index is 11.5. The summed E-state index contributed by atoms with van der Waals surface area (Å²) in [4.78, 5) is 15.7. The molecular weight excluding hydrogens is 264 g/mol. The van der Waals surface area contributed by atoms with E-state index in [1.165, 1.54) is 11.3 Å². The van der Waals surface area contributed by atoms with E-state index in [9.17, 15) is 13.2 Å². The fourth-order valence-corrected chi connectivity index (χ4v) is 2.76. The highest BCUT2D eigenvalue weighted by molar-refractivity contribution is 7.90. The number of sulfonamides is 1. The van der Waals surface area contributed by atoms with Crippen LogP contribution in [0, 0.1) is 0 Å². The van der Waals surface area contributed by atoms with Crippen LogP contribution in [-0.2, 0) is 27.8 Å². The van der Waals surface area contributed by atoms with Crippen molar-refractivity contribution in [3.8, 4) is 0 Å². The molecule has 0 aromatic carbocycles. The molecule has 0 fully saturated rings. The number of aryl methyl sites for hydroxylation is 1. The van der Waals surface area contributed by atoms with E-state index in [0.29, 0.717) is 5.01 Å². The summed E-state index contributed by atoms with van der Waals surface area (Å²) in [6, 6.07) is 0. The number of thiazole rings is 1. The standard InChI is InChI=1S/C9H14N2O4S2/c1-3-7-4-10-8(16-7)5-11-17(14,15)6(2)9(12)13/h4,6,11H,3,5H2,1-2H3,(H,12,13). The minimum atomic E-state index is -3.84. The van der Waals surface area contributed by atoms with Gasteiger partial charge < -0.3 is 5.11 Å². The highest BCUT2D eigenvalue weighted by Gasteiger charge is 2.27. The van der Waals surface area contributed by atoms with Crippen molar-refractivity contribution in [2.75, 3.05) is 0 Å². The van der Waals surface area contributed by atoms with Crippen LogP contribution in [0.3, 0.4) is 0 Å². The van der Waals surface area contributed by atoms with Crippen LogP contribution in [0.4, 0.5) is 0 Å². The number of nitrogens with one attached hydrogen (secondary N) is 1. The molecule has 0 aliphatic heterocycles. The SMILES string of the molecule is CCc1cnc(CNS(=O)(=O)C(C)C(=O)O)s1. The van der Waals surface area contributed by atoms with Gasteiger partial charge >= 0.3 is 5.97 Å². The van der Waals surface area contributed by atoms with E-state index < -0.39 is 21.2 Å². The van der Waals surface area contributed by atoms with Crippen LogP contribution >= 0.6 is 11.3 Å². The molecule has 1 aromatic heterocycles. The smallest absolute Gasteiger partial charge is 0.323 e. The lowest BCUT2D eigenvalue weighted by Crippen LogP contribution is -2.37. The molecule has 1 atom stereocenters. The second-order valence-corrected chi connectivity index (χ2v) is 6.71. The Balaban J connectivity index is 2.64. The average molecular weight is 278 g/mol. The molecule has 1 heterocycles. The first kappa shape index (κ1) is 14.1. The van der Waals surface area contributed by atoms with E-state index in [1.54, 1.807) is 6.20 Å². The summed E-state index contributed by atoms with van der Waals surface area (Å²) in [5.74, 6) is -1.37. The zero-order chi connectivity index (χ0) is 13.1. The van der Waals surface area contributed by atoms with Crippen LogP contribution in [0.1, 0.15) is 23.7 Å². The third-order valence-corrected chi connectivity index (χ3v) is 5.01. The molecule has 17 heavy (non-hydrogen) atoms. The van der Waals surface area contributed by atoms with Crippen molar-refractivity contribution < 1.29 is 18.3 Å². The first-order chi connectivity index (χ1) is 7.86. The molecule has 1 aromatic rings. The van der Waals surface area contributed by atoms with Crippen LogP contribution in [0.15, 0.2) is 6.20 Å². The van der Waals surface area contributed by atoms with Gasteiger partial charge in [0.2, 0.25) is 10.0 Å². The van der Waals surface area contributed by atoms with E-state index in [2.05, 4.69) is 9.71 Å². The zero-order valence-electron chi connectivity index (χ0n) is 9.50. The van der Waals surface area contributed by atoms with E-state index in [0.717, 1.165) is 18.2 Å². The van der Waals surface area contributed by atoms with Crippen molar-refractivity contribution >= 4 is 27.3 Å². The van der Waals surface area contributed by atoms with E-state index in [4.69, 9.17) is 5.11 Å². The first-order valence-electron chi connectivity index (χ1n) is 5.01. The molecular formula is C9H14N2O4S2. The number of carboxylic acid groups (broad SMARTS) is 1. The van der Waals surface area contributed by atoms with Crippen LogP contribution in [0.5, 0.6) is 0 Å². The van der Waals surface area contributed by atoms with Gasteiger partial charge in [-0.3, -0.25) is 4.79 Å². The van der Waals surface area contributed by atoms with Crippen LogP contribution in [0.2, 0.25) is 0 Å². The Morgan fingerprint density at radius 2 is 2.29 bits per heavy atom. The van der Waals surface area contributed by atoms with Gasteiger partial charge in [-0.1, -0.05) is 6.92 Å². The average Bonchev–Trinajstić information content (AvgIpc) is 2.73. The van der Waals surface area contributed by atoms with Gasteiger partial charge in [-0.2, -0.15) is 0 Å². The number of carbonyl (C=O) groups is 1. The molecule has 96 valence electrons. The lowest BCUT2D eigenvalue weighted by atomic mass is 10.4. The molecule has 0 saturated heterocycles. The normalized spacial score (nSPS) is 13.5. The summed E-state index contributed by atoms with van der Waals surface area (Å²) >= 11 is 1.41. The van der Waals surface area contributed by atoms with Crippen LogP contribution in [0.25, 0.3) is 0 Å². The summed E-state index contributed by atoms with van der Waals surface area (Å²) in [6.07, 6.45) is 2.53. The summed E-state index contributed by atoms with van der Waals surface area (Å²) in [7, 11) is -3.84. The van der Waals surface area contributed by atoms with Crippen molar-refractivity contribution in [3.05, 3.63) is 16.1 Å². The van der Waals surface area contributed by atoms with Gasteiger partial charge in [0.1, 0.15) is 5.01 Å². The first-order valence-corrected chi connectivity index (χ1v) is 7.38. The van der Waals surface area contributed by atoms with Crippen molar-refractivity contribution in [3.63, 3.8) is 0 Å². The van der Waals surface area contributed by atoms with Gasteiger partial charge in [0, 0.05) is 11.1 Å². The van der Waals surface area contributed by atoms with Crippen molar-refractivity contribution in [1.82, 2.24) is 9.71 Å². The van der Waals surface area contributed by atoms with Crippen LogP contribution < -0.4 is 4.72 Å². The van der Waals surface area contributed by atoms with Crippen molar-refractivity contribution in [1.29, 1.82) is 0 Å². The number of hydrogen-bond acceptors (Lipinski definition) is 5. The van der Waals surface area contributed by atoms with Gasteiger partial charge in [0.15, 0.2) is 5.25 Å². The fourth-order valence-electron chi connectivity index (χ4n) is 1.01. The Labute approximate surface area is 104 Å². The molecule has 0 aliphatic rings. The predicted octanol–water partition coefficient (Wildman–Crippen LogP) is 0.598. The Hall–Kier alpha value is -0.990. The quantitative estimate of drug-likeness (QED) is 0.794. The van der Waals surface area contributed by atoms with Gasteiger partial charge in [0.05, 0.1) is 6.54 Å². The minimum Gasteiger partial charge on any atom is -0.480 e. The number of rotatable bonds is 6. The molecule has 1 unspecified atom stereocenters. The largest absolute Gasteiger partial charge is 0.480 e. The monoisotopic (exact) mass is 278 g/mol. The maximum absolute atomic E-state index is 11.5.